The number of nitrogens with zero attached hydrogens (tertiary/aromatic N) is 1. The first-order valence-corrected chi connectivity index (χ1v) is 6.18. The second-order valence-corrected chi connectivity index (χ2v) is 5.07. The molecule has 0 radical (unpaired) electrons. The van der Waals surface area contributed by atoms with E-state index in [-0.39, 0.29) is 0 Å². The molecule has 2 aromatic rings. The Balaban J connectivity index is 2.54. The molecule has 1 aromatic heterocycles. The summed E-state index contributed by atoms with van der Waals surface area (Å²) in [5, 5.41) is 1.07. The first-order chi connectivity index (χ1) is 7.24. The third-order valence-electron chi connectivity index (χ3n) is 2.06. The fourth-order valence-corrected chi connectivity index (χ4v) is 3.06. The standard InChI is InChI=1S/C10H11BrN2OS/c1-14-6-4-7(11)10-8(5-6)15-9(13-10)2-3-12/h4-5H,2-3,12H2,1H3. The molecule has 1 aromatic carbocycles. The summed E-state index contributed by atoms with van der Waals surface area (Å²) in [4.78, 5) is 4.51. The van der Waals surface area contributed by atoms with Crippen LogP contribution < -0.4 is 10.5 Å². The number of methoxy groups -OCH3 is 1. The molecule has 0 aliphatic carbocycles. The van der Waals surface area contributed by atoms with Crippen molar-refractivity contribution in [2.24, 2.45) is 5.73 Å². The number of ether oxygens (including phenoxy) is 1. The van der Waals surface area contributed by atoms with Crippen molar-refractivity contribution in [3.05, 3.63) is 21.6 Å². The quantitative estimate of drug-likeness (QED) is 0.943. The van der Waals surface area contributed by atoms with Crippen molar-refractivity contribution in [1.29, 1.82) is 0 Å². The van der Waals surface area contributed by atoms with Crippen LogP contribution in [0.2, 0.25) is 0 Å². The van der Waals surface area contributed by atoms with Crippen molar-refractivity contribution in [2.45, 2.75) is 6.42 Å². The molecule has 0 aliphatic heterocycles. The first-order valence-electron chi connectivity index (χ1n) is 4.57. The molecule has 0 unspecified atom stereocenters. The summed E-state index contributed by atoms with van der Waals surface area (Å²) in [7, 11) is 1.66. The minimum absolute atomic E-state index is 0.634. The molecule has 15 heavy (non-hydrogen) atoms. The second-order valence-electron chi connectivity index (χ2n) is 3.10. The molecule has 80 valence electrons. The van der Waals surface area contributed by atoms with E-state index in [4.69, 9.17) is 10.5 Å². The zero-order valence-electron chi connectivity index (χ0n) is 8.29. The van der Waals surface area contributed by atoms with Gasteiger partial charge in [0.1, 0.15) is 5.75 Å². The fraction of sp³-hybridized carbons (Fsp3) is 0.300. The van der Waals surface area contributed by atoms with Gasteiger partial charge in [-0.3, -0.25) is 0 Å². The van der Waals surface area contributed by atoms with Gasteiger partial charge >= 0.3 is 0 Å². The van der Waals surface area contributed by atoms with E-state index in [0.717, 1.165) is 31.9 Å². The number of hydrogen-bond acceptors (Lipinski definition) is 4. The van der Waals surface area contributed by atoms with E-state index in [1.807, 2.05) is 12.1 Å². The van der Waals surface area contributed by atoms with Crippen LogP contribution >= 0.6 is 27.3 Å². The van der Waals surface area contributed by atoms with Gasteiger partial charge in [0.15, 0.2) is 0 Å². The van der Waals surface area contributed by atoms with Crippen LogP contribution in [0.4, 0.5) is 0 Å². The van der Waals surface area contributed by atoms with Crippen molar-refractivity contribution in [1.82, 2.24) is 4.98 Å². The van der Waals surface area contributed by atoms with Crippen LogP contribution in [-0.2, 0) is 6.42 Å². The summed E-state index contributed by atoms with van der Waals surface area (Å²) in [5.41, 5.74) is 6.50. The van der Waals surface area contributed by atoms with E-state index in [0.29, 0.717) is 6.54 Å². The average molecular weight is 287 g/mol. The van der Waals surface area contributed by atoms with Crippen molar-refractivity contribution < 1.29 is 4.74 Å². The summed E-state index contributed by atoms with van der Waals surface area (Å²) < 4.78 is 7.29. The lowest BCUT2D eigenvalue weighted by Crippen LogP contribution is -2.01. The van der Waals surface area contributed by atoms with Crippen LogP contribution in [0.25, 0.3) is 10.2 Å². The van der Waals surface area contributed by atoms with Crippen LogP contribution in [0, 0.1) is 0 Å². The van der Waals surface area contributed by atoms with Gasteiger partial charge in [-0.2, -0.15) is 0 Å². The van der Waals surface area contributed by atoms with Crippen LogP contribution in [0.15, 0.2) is 16.6 Å². The summed E-state index contributed by atoms with van der Waals surface area (Å²) in [6, 6.07) is 3.92. The number of thiazole rings is 1. The highest BCUT2D eigenvalue weighted by atomic mass is 79.9. The summed E-state index contributed by atoms with van der Waals surface area (Å²) in [6.45, 7) is 0.634. The first kappa shape index (κ1) is 10.9. The monoisotopic (exact) mass is 286 g/mol. The predicted octanol–water partition coefficient (Wildman–Crippen LogP) is 2.57. The molecule has 0 fully saturated rings. The summed E-state index contributed by atoms with van der Waals surface area (Å²) in [5.74, 6) is 0.845. The van der Waals surface area contributed by atoms with Crippen LogP contribution in [-0.4, -0.2) is 18.6 Å². The van der Waals surface area contributed by atoms with E-state index in [9.17, 15) is 0 Å². The molecule has 0 saturated carbocycles. The van der Waals surface area contributed by atoms with E-state index in [2.05, 4.69) is 20.9 Å². The predicted molar refractivity (Wildman–Crippen MR) is 66.6 cm³/mol. The maximum Gasteiger partial charge on any atom is 0.121 e. The lowest BCUT2D eigenvalue weighted by molar-refractivity contribution is 0.415. The van der Waals surface area contributed by atoms with Crippen molar-refractivity contribution >= 4 is 37.5 Å². The van der Waals surface area contributed by atoms with Gasteiger partial charge in [0.25, 0.3) is 0 Å². The largest absolute Gasteiger partial charge is 0.497 e. The molecule has 3 nitrogen and oxygen atoms in total. The topological polar surface area (TPSA) is 48.1 Å². The molecule has 2 rings (SSSR count). The van der Waals surface area contributed by atoms with Crippen LogP contribution in [0.5, 0.6) is 5.75 Å². The molecule has 5 heteroatoms. The highest BCUT2D eigenvalue weighted by molar-refractivity contribution is 9.10. The highest BCUT2D eigenvalue weighted by Crippen LogP contribution is 2.32. The Bertz CT molecular complexity index is 483. The SMILES string of the molecule is COc1cc(Br)c2nc(CCN)sc2c1. The van der Waals surface area contributed by atoms with Crippen LogP contribution in [0.1, 0.15) is 5.01 Å². The molecule has 0 saturated heterocycles. The Morgan fingerprint density at radius 1 is 1.53 bits per heavy atom. The minimum atomic E-state index is 0.634. The number of aromatic nitrogens is 1. The lowest BCUT2D eigenvalue weighted by atomic mass is 10.3. The Kier molecular flexibility index (Phi) is 3.23. The maximum absolute atomic E-state index is 5.51. The molecule has 0 spiro atoms. The number of fused-ring (bicyclic) bond motifs is 1. The second kappa shape index (κ2) is 4.47. The molecular formula is C10H11BrN2OS. The van der Waals surface area contributed by atoms with Gasteiger partial charge in [0.2, 0.25) is 0 Å². The third kappa shape index (κ3) is 2.14. The number of halogens is 1. The maximum atomic E-state index is 5.51. The molecular weight excluding hydrogens is 276 g/mol. The van der Waals surface area contributed by atoms with Crippen LogP contribution in [0.3, 0.4) is 0 Å². The molecule has 0 bridgehead atoms. The lowest BCUT2D eigenvalue weighted by Gasteiger charge is -1.99. The number of benzene rings is 1. The van der Waals surface area contributed by atoms with Crippen molar-refractivity contribution in [3.63, 3.8) is 0 Å². The third-order valence-corrected chi connectivity index (χ3v) is 3.73. The van der Waals surface area contributed by atoms with Gasteiger partial charge in [-0.15, -0.1) is 11.3 Å². The average Bonchev–Trinajstić information content (AvgIpc) is 2.61. The number of rotatable bonds is 3. The fourth-order valence-electron chi connectivity index (χ4n) is 1.36. The van der Waals surface area contributed by atoms with Crippen molar-refractivity contribution in [2.75, 3.05) is 13.7 Å². The normalized spacial score (nSPS) is 10.9. The molecule has 2 N–H and O–H groups in total. The summed E-state index contributed by atoms with van der Waals surface area (Å²) in [6.07, 6.45) is 0.827. The van der Waals surface area contributed by atoms with E-state index < -0.39 is 0 Å². The number of nitrogens with two attached hydrogens (primary N) is 1. The Morgan fingerprint density at radius 2 is 2.33 bits per heavy atom. The zero-order valence-corrected chi connectivity index (χ0v) is 10.7. The van der Waals surface area contributed by atoms with E-state index in [1.54, 1.807) is 18.4 Å². The smallest absolute Gasteiger partial charge is 0.121 e. The summed E-state index contributed by atoms with van der Waals surface area (Å²) >= 11 is 5.15. The van der Waals surface area contributed by atoms with Gasteiger partial charge in [-0.05, 0) is 34.6 Å². The molecule has 0 aliphatic rings. The van der Waals surface area contributed by atoms with Gasteiger partial charge < -0.3 is 10.5 Å². The van der Waals surface area contributed by atoms with Gasteiger partial charge in [0.05, 0.1) is 22.3 Å². The van der Waals surface area contributed by atoms with Gasteiger partial charge in [0, 0.05) is 10.9 Å². The minimum Gasteiger partial charge on any atom is -0.497 e. The Hall–Kier alpha value is -0.650. The Labute approximate surface area is 100 Å². The molecule has 0 amide bonds. The van der Waals surface area contributed by atoms with E-state index >= 15 is 0 Å². The van der Waals surface area contributed by atoms with Gasteiger partial charge in [-0.25, -0.2) is 4.98 Å². The van der Waals surface area contributed by atoms with Gasteiger partial charge in [-0.1, -0.05) is 0 Å². The van der Waals surface area contributed by atoms with E-state index in [1.165, 1.54) is 0 Å². The zero-order chi connectivity index (χ0) is 10.8. The molecule has 1 heterocycles. The van der Waals surface area contributed by atoms with Crippen molar-refractivity contribution in [3.8, 4) is 5.75 Å². The molecule has 0 atom stereocenters. The highest BCUT2D eigenvalue weighted by Gasteiger charge is 2.08. The Morgan fingerprint density at radius 3 is 3.00 bits per heavy atom. The number of hydrogen-bond donors (Lipinski definition) is 1.